The monoisotopic (exact) mass is 462 g/mol. The Hall–Kier alpha value is -1.19. The van der Waals surface area contributed by atoms with Crippen LogP contribution in [0.15, 0.2) is 27.6 Å². The van der Waals surface area contributed by atoms with Crippen molar-refractivity contribution < 1.29 is 22.3 Å². The molecular formula is C18H24BrFN2O4S. The zero-order chi connectivity index (χ0) is 20.0. The third kappa shape index (κ3) is 4.30. The Morgan fingerprint density at radius 3 is 2.52 bits per heavy atom. The molecule has 0 atom stereocenters. The van der Waals surface area contributed by atoms with Crippen LogP contribution in [0.25, 0.3) is 0 Å². The summed E-state index contributed by atoms with van der Waals surface area (Å²) in [7, 11) is -3.78. The molecule has 6 nitrogen and oxygen atoms in total. The van der Waals surface area contributed by atoms with E-state index in [2.05, 4.69) is 15.9 Å². The lowest BCUT2D eigenvalue weighted by molar-refractivity contribution is -0.0528. The van der Waals surface area contributed by atoms with Gasteiger partial charge in [0.2, 0.25) is 10.0 Å². The minimum Gasteiger partial charge on any atom is -0.444 e. The quantitative estimate of drug-likeness (QED) is 0.672. The molecule has 0 aliphatic carbocycles. The van der Waals surface area contributed by atoms with Crippen molar-refractivity contribution in [1.29, 1.82) is 0 Å². The number of carbonyl (C=O) groups excluding carboxylic acids is 1. The number of rotatable bonds is 2. The van der Waals surface area contributed by atoms with E-state index in [-0.39, 0.29) is 20.9 Å². The molecule has 1 aromatic carbocycles. The van der Waals surface area contributed by atoms with Crippen LogP contribution in [0.2, 0.25) is 0 Å². The van der Waals surface area contributed by atoms with Gasteiger partial charge in [-0.25, -0.2) is 17.6 Å². The number of carbonyl (C=O) groups is 1. The van der Waals surface area contributed by atoms with Gasteiger partial charge >= 0.3 is 6.09 Å². The normalized spacial score (nSPS) is 20.4. The van der Waals surface area contributed by atoms with Gasteiger partial charge in [0.05, 0.1) is 9.37 Å². The van der Waals surface area contributed by atoms with Gasteiger partial charge in [-0.3, -0.25) is 0 Å². The van der Waals surface area contributed by atoms with Gasteiger partial charge in [0.1, 0.15) is 11.4 Å². The molecule has 9 heteroatoms. The topological polar surface area (TPSA) is 66.9 Å². The molecule has 2 fully saturated rings. The standard InChI is InChI=1S/C18H24BrFN2O4S/c1-17(2,3)26-16(23)21-10-18(11-21)7-4-8-22(12-18)27(24,25)13-5-6-14(19)15(20)9-13/h5-6,9H,4,7-8,10-12H2,1-3H3. The van der Waals surface area contributed by atoms with Crippen molar-refractivity contribution in [3.8, 4) is 0 Å². The van der Waals surface area contributed by atoms with Gasteiger partial charge in [0.15, 0.2) is 0 Å². The number of nitrogens with zero attached hydrogens (tertiary/aromatic N) is 2. The molecule has 0 unspecified atom stereocenters. The Kier molecular flexibility index (Phi) is 5.33. The lowest BCUT2D eigenvalue weighted by Crippen LogP contribution is -2.65. The average Bonchev–Trinajstić information content (AvgIpc) is 2.53. The van der Waals surface area contributed by atoms with E-state index in [0.29, 0.717) is 32.6 Å². The summed E-state index contributed by atoms with van der Waals surface area (Å²) in [5.74, 6) is -0.609. The lowest BCUT2D eigenvalue weighted by atomic mass is 9.74. The molecule has 1 amide bonds. The number of likely N-dealkylation sites (tertiary alicyclic amines) is 1. The smallest absolute Gasteiger partial charge is 0.410 e. The molecule has 0 saturated carbocycles. The maximum Gasteiger partial charge on any atom is 0.410 e. The zero-order valence-corrected chi connectivity index (χ0v) is 18.1. The van der Waals surface area contributed by atoms with Crippen molar-refractivity contribution >= 4 is 32.0 Å². The van der Waals surface area contributed by atoms with Crippen LogP contribution in [-0.2, 0) is 14.8 Å². The molecule has 2 aliphatic heterocycles. The minimum absolute atomic E-state index is 0.0522. The van der Waals surface area contributed by atoms with Crippen molar-refractivity contribution in [2.45, 2.75) is 44.1 Å². The summed E-state index contributed by atoms with van der Waals surface area (Å²) in [5.41, 5.74) is -0.816. The molecule has 2 aliphatic rings. The summed E-state index contributed by atoms with van der Waals surface area (Å²) >= 11 is 3.04. The highest BCUT2D eigenvalue weighted by Crippen LogP contribution is 2.41. The Labute approximate surface area is 167 Å². The summed E-state index contributed by atoms with van der Waals surface area (Å²) in [5, 5.41) is 0. The van der Waals surface area contributed by atoms with Gasteiger partial charge in [0, 0.05) is 31.6 Å². The first-order valence-corrected chi connectivity index (χ1v) is 11.1. The highest BCUT2D eigenvalue weighted by Gasteiger charge is 2.50. The molecule has 0 aromatic heterocycles. The lowest BCUT2D eigenvalue weighted by Gasteiger charge is -2.53. The third-order valence-electron chi connectivity index (χ3n) is 4.86. The first-order valence-electron chi connectivity index (χ1n) is 8.85. The van der Waals surface area contributed by atoms with Crippen molar-refractivity contribution in [3.05, 3.63) is 28.5 Å². The number of ether oxygens (including phenoxy) is 1. The predicted octanol–water partition coefficient (Wildman–Crippen LogP) is 3.61. The molecule has 0 bridgehead atoms. The van der Waals surface area contributed by atoms with E-state index in [1.165, 1.54) is 16.4 Å². The summed E-state index contributed by atoms with van der Waals surface area (Å²) in [4.78, 5) is 13.7. The van der Waals surface area contributed by atoms with Gasteiger partial charge in [-0.2, -0.15) is 4.31 Å². The first kappa shape index (κ1) is 20.5. The van der Waals surface area contributed by atoms with Crippen LogP contribution < -0.4 is 0 Å². The number of hydrogen-bond donors (Lipinski definition) is 0. The molecule has 0 N–H and O–H groups in total. The van der Waals surface area contributed by atoms with Crippen LogP contribution in [0.3, 0.4) is 0 Å². The largest absolute Gasteiger partial charge is 0.444 e. The predicted molar refractivity (Wildman–Crippen MR) is 102 cm³/mol. The van der Waals surface area contributed by atoms with E-state index in [4.69, 9.17) is 4.74 Å². The van der Waals surface area contributed by atoms with Gasteiger partial charge < -0.3 is 9.64 Å². The molecule has 3 rings (SSSR count). The van der Waals surface area contributed by atoms with Crippen molar-refractivity contribution in [2.24, 2.45) is 5.41 Å². The summed E-state index contributed by atoms with van der Waals surface area (Å²) in [6.07, 6.45) is 1.19. The molecular weight excluding hydrogens is 439 g/mol. The van der Waals surface area contributed by atoms with Crippen LogP contribution in [0.1, 0.15) is 33.6 Å². The number of hydrogen-bond acceptors (Lipinski definition) is 4. The molecule has 2 heterocycles. The Morgan fingerprint density at radius 1 is 1.26 bits per heavy atom. The first-order chi connectivity index (χ1) is 12.4. The number of benzene rings is 1. The Balaban J connectivity index is 1.70. The minimum atomic E-state index is -3.78. The van der Waals surface area contributed by atoms with E-state index < -0.39 is 21.4 Å². The second-order valence-electron chi connectivity index (χ2n) is 8.35. The average molecular weight is 463 g/mol. The molecule has 1 aromatic rings. The van der Waals surface area contributed by atoms with Crippen molar-refractivity contribution in [3.63, 3.8) is 0 Å². The number of sulfonamides is 1. The van der Waals surface area contributed by atoms with Crippen LogP contribution in [-0.4, -0.2) is 55.5 Å². The molecule has 0 radical (unpaired) electrons. The number of halogens is 2. The van der Waals surface area contributed by atoms with Crippen molar-refractivity contribution in [1.82, 2.24) is 9.21 Å². The highest BCUT2D eigenvalue weighted by atomic mass is 79.9. The van der Waals surface area contributed by atoms with Crippen molar-refractivity contribution in [2.75, 3.05) is 26.2 Å². The maximum atomic E-state index is 13.8. The summed E-state index contributed by atoms with van der Waals surface area (Å²) < 4.78 is 46.6. The van der Waals surface area contributed by atoms with Gasteiger partial charge in [0.25, 0.3) is 0 Å². The molecule has 27 heavy (non-hydrogen) atoms. The second-order valence-corrected chi connectivity index (χ2v) is 11.1. The van der Waals surface area contributed by atoms with Crippen LogP contribution >= 0.6 is 15.9 Å². The van der Waals surface area contributed by atoms with E-state index in [9.17, 15) is 17.6 Å². The molecule has 1 spiro atoms. The molecule has 2 saturated heterocycles. The summed E-state index contributed by atoms with van der Waals surface area (Å²) in [6.45, 7) is 7.11. The maximum absolute atomic E-state index is 13.8. The number of piperidine rings is 1. The fraction of sp³-hybridized carbons (Fsp3) is 0.611. The SMILES string of the molecule is CC(C)(C)OC(=O)N1CC2(CCCN(S(=O)(=O)c3ccc(Br)c(F)c3)C2)C1. The van der Waals surface area contributed by atoms with Crippen LogP contribution in [0, 0.1) is 11.2 Å². The number of amides is 1. The van der Waals surface area contributed by atoms with Crippen LogP contribution in [0.4, 0.5) is 9.18 Å². The summed E-state index contributed by atoms with van der Waals surface area (Å²) in [6, 6.07) is 3.83. The van der Waals surface area contributed by atoms with E-state index in [0.717, 1.165) is 12.5 Å². The van der Waals surface area contributed by atoms with E-state index in [1.807, 2.05) is 20.8 Å². The fourth-order valence-electron chi connectivity index (χ4n) is 3.63. The van der Waals surface area contributed by atoms with Gasteiger partial charge in [-0.05, 0) is 67.7 Å². The molecule has 150 valence electrons. The van der Waals surface area contributed by atoms with Gasteiger partial charge in [-0.15, -0.1) is 0 Å². The highest BCUT2D eigenvalue weighted by molar-refractivity contribution is 9.10. The third-order valence-corrected chi connectivity index (χ3v) is 7.34. The zero-order valence-electron chi connectivity index (χ0n) is 15.7. The second kappa shape index (κ2) is 7.00. The van der Waals surface area contributed by atoms with Gasteiger partial charge in [-0.1, -0.05) is 0 Å². The van der Waals surface area contributed by atoms with E-state index >= 15 is 0 Å². The van der Waals surface area contributed by atoms with Crippen LogP contribution in [0.5, 0.6) is 0 Å². The Morgan fingerprint density at radius 2 is 1.93 bits per heavy atom. The fourth-order valence-corrected chi connectivity index (χ4v) is 5.48. The van der Waals surface area contributed by atoms with E-state index in [1.54, 1.807) is 4.90 Å². The Bertz CT molecular complexity index is 847.